The van der Waals surface area contributed by atoms with Crippen molar-refractivity contribution in [3.63, 3.8) is 0 Å². The molecule has 0 amide bonds. The molecule has 16 heavy (non-hydrogen) atoms. The van der Waals surface area contributed by atoms with Crippen LogP contribution in [0.15, 0.2) is 18.2 Å². The van der Waals surface area contributed by atoms with Gasteiger partial charge in [-0.05, 0) is 37.6 Å². The minimum atomic E-state index is 0.734. The number of hydrogen-bond acceptors (Lipinski definition) is 3. The van der Waals surface area contributed by atoms with E-state index in [2.05, 4.69) is 11.6 Å². The van der Waals surface area contributed by atoms with Crippen LogP contribution in [0.1, 0.15) is 12.0 Å². The molecular formula is C12H18ClNOS. The standard InChI is InChI=1S/C12H18ClNOS/c1-14-9-10-11(13)5-3-6-12(10)15-7-4-8-16-2/h3,5-6,14H,4,7-9H2,1-2H3. The number of rotatable bonds is 7. The molecule has 1 N–H and O–H groups in total. The Morgan fingerprint density at radius 1 is 1.44 bits per heavy atom. The van der Waals surface area contributed by atoms with Gasteiger partial charge in [-0.1, -0.05) is 17.7 Å². The van der Waals surface area contributed by atoms with Gasteiger partial charge >= 0.3 is 0 Å². The first-order chi connectivity index (χ1) is 7.79. The highest BCUT2D eigenvalue weighted by molar-refractivity contribution is 7.98. The predicted molar refractivity (Wildman–Crippen MR) is 72.7 cm³/mol. The summed E-state index contributed by atoms with van der Waals surface area (Å²) in [6.07, 6.45) is 3.17. The Morgan fingerprint density at radius 3 is 2.94 bits per heavy atom. The van der Waals surface area contributed by atoms with E-state index in [0.717, 1.165) is 41.7 Å². The minimum Gasteiger partial charge on any atom is -0.493 e. The minimum absolute atomic E-state index is 0.734. The number of ether oxygens (including phenoxy) is 1. The van der Waals surface area contributed by atoms with Crippen LogP contribution in [0, 0.1) is 0 Å². The Bertz CT molecular complexity index is 320. The van der Waals surface area contributed by atoms with Gasteiger partial charge in [0, 0.05) is 17.1 Å². The van der Waals surface area contributed by atoms with Gasteiger partial charge in [-0.15, -0.1) is 0 Å². The quantitative estimate of drug-likeness (QED) is 0.760. The van der Waals surface area contributed by atoms with Gasteiger partial charge in [0.1, 0.15) is 5.75 Å². The Hall–Kier alpha value is -0.380. The summed E-state index contributed by atoms with van der Waals surface area (Å²) in [5, 5.41) is 3.86. The molecule has 0 spiro atoms. The van der Waals surface area contributed by atoms with Crippen molar-refractivity contribution in [2.24, 2.45) is 0 Å². The van der Waals surface area contributed by atoms with Crippen molar-refractivity contribution < 1.29 is 4.74 Å². The van der Waals surface area contributed by atoms with Crippen molar-refractivity contribution in [2.45, 2.75) is 13.0 Å². The molecule has 0 saturated carbocycles. The van der Waals surface area contributed by atoms with Crippen LogP contribution in [-0.2, 0) is 6.54 Å². The van der Waals surface area contributed by atoms with Crippen LogP contribution in [-0.4, -0.2) is 25.7 Å². The molecule has 0 aliphatic rings. The monoisotopic (exact) mass is 259 g/mol. The third-order valence-electron chi connectivity index (χ3n) is 2.18. The molecule has 0 heterocycles. The molecule has 0 saturated heterocycles. The molecule has 0 aliphatic heterocycles. The van der Waals surface area contributed by atoms with Crippen molar-refractivity contribution in [3.05, 3.63) is 28.8 Å². The third kappa shape index (κ3) is 4.24. The fourth-order valence-corrected chi connectivity index (χ4v) is 2.05. The van der Waals surface area contributed by atoms with Crippen LogP contribution in [0.4, 0.5) is 0 Å². The molecule has 2 nitrogen and oxygen atoms in total. The van der Waals surface area contributed by atoms with Crippen molar-refractivity contribution in [2.75, 3.05) is 25.7 Å². The summed E-state index contributed by atoms with van der Waals surface area (Å²) in [5.74, 6) is 2.02. The molecule has 1 rings (SSSR count). The summed E-state index contributed by atoms with van der Waals surface area (Å²) in [4.78, 5) is 0. The van der Waals surface area contributed by atoms with Gasteiger partial charge in [0.2, 0.25) is 0 Å². The van der Waals surface area contributed by atoms with E-state index in [4.69, 9.17) is 16.3 Å². The van der Waals surface area contributed by atoms with E-state index in [0.29, 0.717) is 0 Å². The van der Waals surface area contributed by atoms with E-state index in [-0.39, 0.29) is 0 Å². The summed E-state index contributed by atoms with van der Waals surface area (Å²) in [5.41, 5.74) is 1.04. The van der Waals surface area contributed by atoms with Crippen LogP contribution in [0.5, 0.6) is 5.75 Å². The number of benzene rings is 1. The van der Waals surface area contributed by atoms with Gasteiger partial charge in [0.05, 0.1) is 6.61 Å². The first-order valence-corrected chi connectivity index (χ1v) is 7.10. The zero-order chi connectivity index (χ0) is 11.8. The van der Waals surface area contributed by atoms with Gasteiger partial charge in [0.25, 0.3) is 0 Å². The lowest BCUT2D eigenvalue weighted by Gasteiger charge is -2.12. The Kier molecular flexibility index (Phi) is 6.69. The lowest BCUT2D eigenvalue weighted by Crippen LogP contribution is -2.09. The molecule has 0 unspecified atom stereocenters. The van der Waals surface area contributed by atoms with Crippen molar-refractivity contribution >= 4 is 23.4 Å². The highest BCUT2D eigenvalue weighted by Crippen LogP contribution is 2.26. The smallest absolute Gasteiger partial charge is 0.125 e. The molecular weight excluding hydrogens is 242 g/mol. The number of nitrogens with one attached hydrogen (secondary N) is 1. The molecule has 0 aromatic heterocycles. The Morgan fingerprint density at radius 2 is 2.25 bits per heavy atom. The fraction of sp³-hybridized carbons (Fsp3) is 0.500. The average Bonchev–Trinajstić information content (AvgIpc) is 2.29. The summed E-state index contributed by atoms with van der Waals surface area (Å²) < 4.78 is 5.73. The maximum Gasteiger partial charge on any atom is 0.125 e. The van der Waals surface area contributed by atoms with Crippen molar-refractivity contribution in [1.82, 2.24) is 5.32 Å². The normalized spacial score (nSPS) is 10.4. The maximum atomic E-state index is 6.12. The average molecular weight is 260 g/mol. The van der Waals surface area contributed by atoms with Gasteiger partial charge in [-0.2, -0.15) is 11.8 Å². The van der Waals surface area contributed by atoms with E-state index in [1.807, 2.05) is 37.0 Å². The number of hydrogen-bond donors (Lipinski definition) is 1. The molecule has 4 heteroatoms. The van der Waals surface area contributed by atoms with E-state index < -0.39 is 0 Å². The van der Waals surface area contributed by atoms with Crippen LogP contribution in [0.2, 0.25) is 5.02 Å². The van der Waals surface area contributed by atoms with Crippen molar-refractivity contribution in [3.8, 4) is 5.75 Å². The van der Waals surface area contributed by atoms with Gasteiger partial charge in [-0.25, -0.2) is 0 Å². The molecule has 1 aromatic carbocycles. The van der Waals surface area contributed by atoms with E-state index >= 15 is 0 Å². The second kappa shape index (κ2) is 7.82. The SMILES string of the molecule is CNCc1c(Cl)cccc1OCCCSC. The Balaban J connectivity index is 2.59. The number of halogens is 1. The van der Waals surface area contributed by atoms with Gasteiger partial charge in [-0.3, -0.25) is 0 Å². The second-order valence-electron chi connectivity index (χ2n) is 3.44. The van der Waals surface area contributed by atoms with E-state index in [1.165, 1.54) is 0 Å². The highest BCUT2D eigenvalue weighted by atomic mass is 35.5. The summed E-state index contributed by atoms with van der Waals surface area (Å²) in [7, 11) is 1.90. The van der Waals surface area contributed by atoms with Crippen LogP contribution in [0.25, 0.3) is 0 Å². The van der Waals surface area contributed by atoms with Crippen molar-refractivity contribution in [1.29, 1.82) is 0 Å². The molecule has 0 aliphatic carbocycles. The second-order valence-corrected chi connectivity index (χ2v) is 4.83. The first-order valence-electron chi connectivity index (χ1n) is 5.33. The topological polar surface area (TPSA) is 21.3 Å². The molecule has 0 radical (unpaired) electrons. The molecule has 0 atom stereocenters. The largest absolute Gasteiger partial charge is 0.493 e. The zero-order valence-corrected chi connectivity index (χ0v) is 11.3. The molecule has 90 valence electrons. The van der Waals surface area contributed by atoms with Crippen LogP contribution >= 0.6 is 23.4 Å². The predicted octanol–water partition coefficient (Wildman–Crippen LogP) is 3.19. The maximum absolute atomic E-state index is 6.12. The molecule has 0 bridgehead atoms. The fourth-order valence-electron chi connectivity index (χ4n) is 1.41. The van der Waals surface area contributed by atoms with Gasteiger partial charge in [0.15, 0.2) is 0 Å². The highest BCUT2D eigenvalue weighted by Gasteiger charge is 2.06. The lowest BCUT2D eigenvalue weighted by molar-refractivity contribution is 0.315. The first kappa shape index (κ1) is 13.7. The summed E-state index contributed by atoms with van der Waals surface area (Å²) >= 11 is 7.96. The van der Waals surface area contributed by atoms with E-state index in [9.17, 15) is 0 Å². The summed E-state index contributed by atoms with van der Waals surface area (Å²) in [6.45, 7) is 1.48. The van der Waals surface area contributed by atoms with Crippen LogP contribution in [0.3, 0.4) is 0 Å². The lowest BCUT2D eigenvalue weighted by atomic mass is 10.2. The third-order valence-corrected chi connectivity index (χ3v) is 3.23. The van der Waals surface area contributed by atoms with Crippen LogP contribution < -0.4 is 10.1 Å². The molecule has 1 aromatic rings. The molecule has 0 fully saturated rings. The van der Waals surface area contributed by atoms with Gasteiger partial charge < -0.3 is 10.1 Å². The summed E-state index contributed by atoms with van der Waals surface area (Å²) in [6, 6.07) is 5.78. The van der Waals surface area contributed by atoms with E-state index in [1.54, 1.807) is 0 Å². The Labute approximate surface area is 107 Å². The zero-order valence-electron chi connectivity index (χ0n) is 9.75. The number of thioether (sulfide) groups is 1.